The lowest BCUT2D eigenvalue weighted by Crippen LogP contribution is -2.27. The molecular formula is C23H24ClN5O3S2. The SMILES string of the molecule is CN1CCc2nc(C(=O)Nc3c(CNC(=O)c4ccc(Cl)s4)cccc3C(=O)N(C)C)sc2C1. The number of thiazole rings is 1. The molecule has 2 N–H and O–H groups in total. The molecule has 34 heavy (non-hydrogen) atoms. The molecule has 0 saturated heterocycles. The Labute approximate surface area is 210 Å². The second kappa shape index (κ2) is 10.2. The fourth-order valence-electron chi connectivity index (χ4n) is 3.60. The molecule has 0 unspecified atom stereocenters. The van der Waals surface area contributed by atoms with Gasteiger partial charge in [-0.2, -0.15) is 0 Å². The van der Waals surface area contributed by atoms with Gasteiger partial charge in [0.2, 0.25) is 0 Å². The van der Waals surface area contributed by atoms with Crippen LogP contribution in [0, 0.1) is 0 Å². The average Bonchev–Trinajstić information content (AvgIpc) is 3.43. The van der Waals surface area contributed by atoms with Gasteiger partial charge in [-0.05, 0) is 30.8 Å². The molecule has 1 aliphatic heterocycles. The molecule has 0 bridgehead atoms. The Kier molecular flexibility index (Phi) is 7.32. The minimum Gasteiger partial charge on any atom is -0.347 e. The van der Waals surface area contributed by atoms with Gasteiger partial charge in [0.25, 0.3) is 17.7 Å². The number of benzene rings is 1. The molecule has 0 saturated carbocycles. The number of halogens is 1. The molecule has 178 valence electrons. The van der Waals surface area contributed by atoms with Crippen LogP contribution in [0.3, 0.4) is 0 Å². The third kappa shape index (κ3) is 5.30. The summed E-state index contributed by atoms with van der Waals surface area (Å²) in [6, 6.07) is 8.47. The number of carbonyl (C=O) groups excluding carboxylic acids is 3. The van der Waals surface area contributed by atoms with Crippen molar-refractivity contribution >= 4 is 57.7 Å². The predicted molar refractivity (Wildman–Crippen MR) is 135 cm³/mol. The minimum atomic E-state index is -0.376. The molecule has 3 heterocycles. The van der Waals surface area contributed by atoms with Crippen LogP contribution in [-0.4, -0.2) is 60.2 Å². The van der Waals surface area contributed by atoms with Crippen LogP contribution in [0.15, 0.2) is 30.3 Å². The third-order valence-corrected chi connectivity index (χ3v) is 7.69. The van der Waals surface area contributed by atoms with Gasteiger partial charge in [-0.3, -0.25) is 14.4 Å². The average molecular weight is 518 g/mol. The van der Waals surface area contributed by atoms with Crippen molar-refractivity contribution in [1.29, 1.82) is 0 Å². The van der Waals surface area contributed by atoms with Crippen LogP contribution in [0.4, 0.5) is 5.69 Å². The molecule has 2 aromatic heterocycles. The molecule has 0 spiro atoms. The first kappa shape index (κ1) is 24.3. The van der Waals surface area contributed by atoms with Gasteiger partial charge in [-0.15, -0.1) is 22.7 Å². The molecule has 11 heteroatoms. The summed E-state index contributed by atoms with van der Waals surface area (Å²) in [4.78, 5) is 48.3. The van der Waals surface area contributed by atoms with Gasteiger partial charge >= 0.3 is 0 Å². The lowest BCUT2D eigenvalue weighted by Gasteiger charge is -2.20. The maximum Gasteiger partial charge on any atom is 0.284 e. The summed E-state index contributed by atoms with van der Waals surface area (Å²) in [5.74, 6) is -0.914. The van der Waals surface area contributed by atoms with Crippen LogP contribution in [0.2, 0.25) is 4.34 Å². The van der Waals surface area contributed by atoms with Gasteiger partial charge in [0.15, 0.2) is 5.01 Å². The van der Waals surface area contributed by atoms with Gasteiger partial charge in [0.1, 0.15) is 0 Å². The Hall–Kier alpha value is -2.79. The van der Waals surface area contributed by atoms with Crippen LogP contribution in [0.1, 0.15) is 46.0 Å². The number of nitrogens with zero attached hydrogens (tertiary/aromatic N) is 3. The van der Waals surface area contributed by atoms with Crippen LogP contribution < -0.4 is 10.6 Å². The highest BCUT2D eigenvalue weighted by atomic mass is 35.5. The zero-order valence-corrected chi connectivity index (χ0v) is 21.4. The van der Waals surface area contributed by atoms with Crippen molar-refractivity contribution in [1.82, 2.24) is 20.1 Å². The molecule has 8 nitrogen and oxygen atoms in total. The van der Waals surface area contributed by atoms with Crippen molar-refractivity contribution in [3.63, 3.8) is 0 Å². The molecule has 0 radical (unpaired) electrons. The minimum absolute atomic E-state index is 0.123. The monoisotopic (exact) mass is 517 g/mol. The van der Waals surface area contributed by atoms with Crippen molar-refractivity contribution in [2.24, 2.45) is 0 Å². The van der Waals surface area contributed by atoms with Crippen molar-refractivity contribution < 1.29 is 14.4 Å². The summed E-state index contributed by atoms with van der Waals surface area (Å²) < 4.78 is 0.522. The van der Waals surface area contributed by atoms with E-state index in [4.69, 9.17) is 11.6 Å². The second-order valence-corrected chi connectivity index (χ2v) is 11.0. The number of fused-ring (bicyclic) bond motifs is 1. The third-order valence-electron chi connectivity index (χ3n) is 5.38. The number of thiophene rings is 1. The summed E-state index contributed by atoms with van der Waals surface area (Å²) in [5.41, 5.74) is 2.26. The number of carbonyl (C=O) groups is 3. The van der Waals surface area contributed by atoms with E-state index in [0.29, 0.717) is 31.0 Å². The number of anilines is 1. The summed E-state index contributed by atoms with van der Waals surface area (Å²) in [6.07, 6.45) is 0.801. The zero-order chi connectivity index (χ0) is 24.4. The Morgan fingerprint density at radius 3 is 2.65 bits per heavy atom. The number of amides is 3. The highest BCUT2D eigenvalue weighted by molar-refractivity contribution is 7.18. The number of nitrogens with one attached hydrogen (secondary N) is 2. The molecule has 1 aliphatic rings. The maximum absolute atomic E-state index is 13.2. The standard InChI is InChI=1S/C23H24ClN5O3S2/c1-28(2)23(32)14-6-4-5-13(11-25-20(30)16-7-8-18(24)33-16)19(14)27-21(31)22-26-15-9-10-29(3)12-17(15)34-22/h4-8H,9-12H2,1-3H3,(H,25,30)(H,27,31). The Morgan fingerprint density at radius 1 is 1.15 bits per heavy atom. The van der Waals surface area contributed by atoms with Crippen molar-refractivity contribution in [3.05, 3.63) is 66.3 Å². The van der Waals surface area contributed by atoms with E-state index in [2.05, 4.69) is 20.5 Å². The fourth-order valence-corrected chi connectivity index (χ4v) is 5.64. The molecule has 0 atom stereocenters. The highest BCUT2D eigenvalue weighted by Crippen LogP contribution is 2.28. The van der Waals surface area contributed by atoms with E-state index in [0.717, 1.165) is 30.1 Å². The number of hydrogen-bond donors (Lipinski definition) is 2. The predicted octanol–water partition coefficient (Wildman–Crippen LogP) is 3.73. The van der Waals surface area contributed by atoms with Gasteiger partial charge in [-0.25, -0.2) is 4.98 Å². The van der Waals surface area contributed by atoms with Gasteiger partial charge in [0.05, 0.1) is 26.2 Å². The van der Waals surface area contributed by atoms with E-state index in [1.54, 1.807) is 44.4 Å². The lowest BCUT2D eigenvalue weighted by atomic mass is 10.1. The van der Waals surface area contributed by atoms with Crippen LogP contribution in [0.5, 0.6) is 0 Å². The fraction of sp³-hybridized carbons (Fsp3) is 0.304. The topological polar surface area (TPSA) is 94.6 Å². The first-order chi connectivity index (χ1) is 16.2. The smallest absolute Gasteiger partial charge is 0.284 e. The lowest BCUT2D eigenvalue weighted by molar-refractivity contribution is 0.0828. The summed E-state index contributed by atoms with van der Waals surface area (Å²) in [6.45, 7) is 1.79. The molecular weight excluding hydrogens is 494 g/mol. The van der Waals surface area contributed by atoms with E-state index in [-0.39, 0.29) is 24.3 Å². The largest absolute Gasteiger partial charge is 0.347 e. The van der Waals surface area contributed by atoms with Crippen molar-refractivity contribution in [2.75, 3.05) is 33.0 Å². The van der Waals surface area contributed by atoms with E-state index in [1.165, 1.54) is 27.6 Å². The van der Waals surface area contributed by atoms with Gasteiger partial charge in [0, 0.05) is 45.0 Å². The highest BCUT2D eigenvalue weighted by Gasteiger charge is 2.24. The summed E-state index contributed by atoms with van der Waals surface area (Å²) in [7, 11) is 5.33. The van der Waals surface area contributed by atoms with Gasteiger partial charge in [-0.1, -0.05) is 23.7 Å². The summed E-state index contributed by atoms with van der Waals surface area (Å²) >= 11 is 8.48. The second-order valence-electron chi connectivity index (χ2n) is 8.16. The maximum atomic E-state index is 13.2. The van der Waals surface area contributed by atoms with Gasteiger partial charge < -0.3 is 20.4 Å². The van der Waals surface area contributed by atoms with Crippen LogP contribution in [0.25, 0.3) is 0 Å². The number of rotatable bonds is 6. The van der Waals surface area contributed by atoms with Crippen molar-refractivity contribution in [2.45, 2.75) is 19.5 Å². The van der Waals surface area contributed by atoms with E-state index in [9.17, 15) is 14.4 Å². The normalized spacial score (nSPS) is 13.3. The van der Waals surface area contributed by atoms with Crippen molar-refractivity contribution in [3.8, 4) is 0 Å². The number of hydrogen-bond acceptors (Lipinski definition) is 7. The van der Waals surface area contributed by atoms with E-state index >= 15 is 0 Å². The number of likely N-dealkylation sites (N-methyl/N-ethyl adjacent to an activating group) is 1. The zero-order valence-electron chi connectivity index (χ0n) is 19.0. The van der Waals surface area contributed by atoms with Crippen LogP contribution in [-0.2, 0) is 19.5 Å². The number of aromatic nitrogens is 1. The first-order valence-electron chi connectivity index (χ1n) is 10.6. The molecule has 0 fully saturated rings. The Balaban J connectivity index is 1.60. The molecule has 1 aromatic carbocycles. The molecule has 3 amide bonds. The summed E-state index contributed by atoms with van der Waals surface area (Å²) in [5, 5.41) is 6.09. The number of para-hydroxylation sites is 1. The first-order valence-corrected chi connectivity index (χ1v) is 12.6. The Bertz CT molecular complexity index is 1250. The molecule has 3 aromatic rings. The quantitative estimate of drug-likeness (QED) is 0.519. The van der Waals surface area contributed by atoms with Crippen LogP contribution >= 0.6 is 34.3 Å². The Morgan fingerprint density at radius 2 is 1.94 bits per heavy atom. The van der Waals surface area contributed by atoms with E-state index < -0.39 is 0 Å². The molecule has 0 aliphatic carbocycles. The van der Waals surface area contributed by atoms with E-state index in [1.807, 2.05) is 7.05 Å². The molecule has 4 rings (SSSR count).